The van der Waals surface area contributed by atoms with E-state index in [1.165, 1.54) is 11.9 Å². The van der Waals surface area contributed by atoms with Crippen molar-refractivity contribution >= 4 is 23.4 Å². The number of nitrogens with zero attached hydrogens (tertiary/aromatic N) is 3. The highest BCUT2D eigenvalue weighted by Crippen LogP contribution is 2.16. The second-order valence-corrected chi connectivity index (χ2v) is 4.33. The van der Waals surface area contributed by atoms with Crippen molar-refractivity contribution in [3.05, 3.63) is 10.6 Å². The molecule has 0 bridgehead atoms. The minimum Gasteiger partial charge on any atom is -0.480 e. The van der Waals surface area contributed by atoms with Gasteiger partial charge in [0.25, 0.3) is 5.91 Å². The summed E-state index contributed by atoms with van der Waals surface area (Å²) in [4.78, 5) is 24.7. The van der Waals surface area contributed by atoms with E-state index in [2.05, 4.69) is 9.59 Å². The van der Waals surface area contributed by atoms with Gasteiger partial charge in [-0.2, -0.15) is 0 Å². The number of carboxylic acid groups (broad SMARTS) is 1. The molecule has 1 unspecified atom stereocenters. The molecule has 1 aromatic rings. The number of hydrogen-bond acceptors (Lipinski definition) is 5. The second kappa shape index (κ2) is 5.72. The summed E-state index contributed by atoms with van der Waals surface area (Å²) in [6.07, 6.45) is 0.973. The Morgan fingerprint density at radius 3 is 2.59 bits per heavy atom. The molecule has 1 aromatic heterocycles. The largest absolute Gasteiger partial charge is 0.480 e. The summed E-state index contributed by atoms with van der Waals surface area (Å²) in [5.74, 6) is -1.33. The topological polar surface area (TPSA) is 83.4 Å². The Hall–Kier alpha value is -1.50. The maximum atomic E-state index is 12.1. The molecule has 0 aliphatic rings. The molecule has 17 heavy (non-hydrogen) atoms. The average Bonchev–Trinajstić information content (AvgIpc) is 2.76. The molecule has 0 aliphatic carbocycles. The summed E-state index contributed by atoms with van der Waals surface area (Å²) in [6, 6.07) is -0.811. The first-order valence-corrected chi connectivity index (χ1v) is 6.11. The Labute approximate surface area is 103 Å². The van der Waals surface area contributed by atoms with Crippen LogP contribution in [-0.4, -0.2) is 44.6 Å². The number of aryl methyl sites for hydroxylation is 1. The summed E-state index contributed by atoms with van der Waals surface area (Å²) >= 11 is 1.00. The van der Waals surface area contributed by atoms with Crippen molar-refractivity contribution in [1.29, 1.82) is 0 Å². The van der Waals surface area contributed by atoms with Crippen LogP contribution in [0.1, 0.15) is 35.6 Å². The minimum atomic E-state index is -1.00. The van der Waals surface area contributed by atoms with E-state index < -0.39 is 12.0 Å². The first-order chi connectivity index (χ1) is 8.02. The summed E-state index contributed by atoms with van der Waals surface area (Å²) in [5, 5.41) is 12.8. The summed E-state index contributed by atoms with van der Waals surface area (Å²) in [5.41, 5.74) is 0.618. The maximum absolute atomic E-state index is 12.1. The standard InChI is InChI=1S/C10H15N3O3S/c1-4-6-8(17-12-11-6)9(14)13(3)7(5-2)10(15)16/h7H,4-5H2,1-3H3,(H,15,16). The molecule has 0 saturated heterocycles. The number of carbonyl (C=O) groups excluding carboxylic acids is 1. The van der Waals surface area contributed by atoms with Gasteiger partial charge in [-0.15, -0.1) is 5.10 Å². The van der Waals surface area contributed by atoms with E-state index in [4.69, 9.17) is 5.11 Å². The number of aromatic nitrogens is 2. The van der Waals surface area contributed by atoms with Crippen LogP contribution in [0.2, 0.25) is 0 Å². The van der Waals surface area contributed by atoms with Gasteiger partial charge in [0.1, 0.15) is 10.9 Å². The van der Waals surface area contributed by atoms with Crippen molar-refractivity contribution in [2.45, 2.75) is 32.7 Å². The lowest BCUT2D eigenvalue weighted by Gasteiger charge is -2.23. The van der Waals surface area contributed by atoms with Gasteiger partial charge in [0.15, 0.2) is 0 Å². The van der Waals surface area contributed by atoms with E-state index >= 15 is 0 Å². The molecule has 94 valence electrons. The molecule has 1 heterocycles. The van der Waals surface area contributed by atoms with Crippen LogP contribution in [0.15, 0.2) is 0 Å². The number of carbonyl (C=O) groups is 2. The third-order valence-electron chi connectivity index (χ3n) is 2.54. The van der Waals surface area contributed by atoms with Gasteiger partial charge in [0, 0.05) is 7.05 Å². The minimum absolute atomic E-state index is 0.328. The highest BCUT2D eigenvalue weighted by atomic mass is 32.1. The van der Waals surface area contributed by atoms with E-state index in [9.17, 15) is 9.59 Å². The SMILES string of the molecule is CCc1nnsc1C(=O)N(C)C(CC)C(=O)O. The van der Waals surface area contributed by atoms with Crippen molar-refractivity contribution in [1.82, 2.24) is 14.5 Å². The molecule has 0 radical (unpaired) electrons. The summed E-state index contributed by atoms with van der Waals surface area (Å²) in [6.45, 7) is 3.61. The number of aliphatic carboxylic acids is 1. The lowest BCUT2D eigenvalue weighted by molar-refractivity contribution is -0.142. The van der Waals surface area contributed by atoms with Crippen LogP contribution in [0.4, 0.5) is 0 Å². The third-order valence-corrected chi connectivity index (χ3v) is 3.30. The number of carboxylic acids is 1. The molecule has 0 fully saturated rings. The van der Waals surface area contributed by atoms with Gasteiger partial charge < -0.3 is 10.0 Å². The molecular weight excluding hydrogens is 242 g/mol. The normalized spacial score (nSPS) is 12.2. The van der Waals surface area contributed by atoms with Crippen LogP contribution in [0.25, 0.3) is 0 Å². The van der Waals surface area contributed by atoms with Crippen LogP contribution in [-0.2, 0) is 11.2 Å². The highest BCUT2D eigenvalue weighted by Gasteiger charge is 2.28. The zero-order valence-corrected chi connectivity index (χ0v) is 10.8. The third kappa shape index (κ3) is 2.79. The van der Waals surface area contributed by atoms with Crippen LogP contribution in [0.5, 0.6) is 0 Å². The van der Waals surface area contributed by atoms with E-state index in [-0.39, 0.29) is 5.91 Å². The second-order valence-electron chi connectivity index (χ2n) is 3.58. The Morgan fingerprint density at radius 1 is 1.47 bits per heavy atom. The molecule has 0 aliphatic heterocycles. The molecule has 0 spiro atoms. The number of likely N-dealkylation sites (N-methyl/N-ethyl adjacent to an activating group) is 1. The Kier molecular flexibility index (Phi) is 4.56. The monoisotopic (exact) mass is 257 g/mol. The van der Waals surface area contributed by atoms with Crippen molar-refractivity contribution in [3.8, 4) is 0 Å². The van der Waals surface area contributed by atoms with Crippen LogP contribution >= 0.6 is 11.5 Å². The number of rotatable bonds is 5. The molecule has 1 atom stereocenters. The van der Waals surface area contributed by atoms with Crippen molar-refractivity contribution in [3.63, 3.8) is 0 Å². The van der Waals surface area contributed by atoms with Crippen molar-refractivity contribution in [2.24, 2.45) is 0 Å². The van der Waals surface area contributed by atoms with Gasteiger partial charge in [0.05, 0.1) is 5.69 Å². The van der Waals surface area contributed by atoms with E-state index in [1.807, 2.05) is 6.92 Å². The van der Waals surface area contributed by atoms with Crippen molar-refractivity contribution in [2.75, 3.05) is 7.05 Å². The number of hydrogen-bond donors (Lipinski definition) is 1. The van der Waals surface area contributed by atoms with E-state index in [0.717, 1.165) is 11.5 Å². The molecule has 6 nitrogen and oxygen atoms in total. The fraction of sp³-hybridized carbons (Fsp3) is 0.600. The molecular formula is C10H15N3O3S. The molecule has 1 rings (SSSR count). The predicted molar refractivity (Wildman–Crippen MR) is 63.1 cm³/mol. The zero-order chi connectivity index (χ0) is 13.0. The quantitative estimate of drug-likeness (QED) is 0.852. The van der Waals surface area contributed by atoms with Gasteiger partial charge >= 0.3 is 5.97 Å². The molecule has 0 saturated carbocycles. The smallest absolute Gasteiger partial charge is 0.326 e. The highest BCUT2D eigenvalue weighted by molar-refractivity contribution is 7.08. The van der Waals surface area contributed by atoms with Gasteiger partial charge in [0.2, 0.25) is 0 Å². The lowest BCUT2D eigenvalue weighted by Crippen LogP contribution is -2.41. The van der Waals surface area contributed by atoms with E-state index in [1.54, 1.807) is 6.92 Å². The zero-order valence-electron chi connectivity index (χ0n) is 10.0. The Bertz CT molecular complexity index is 419. The van der Waals surface area contributed by atoms with E-state index in [0.29, 0.717) is 23.4 Å². The fourth-order valence-corrected chi connectivity index (χ4v) is 2.25. The van der Waals surface area contributed by atoms with Crippen LogP contribution in [0, 0.1) is 0 Å². The van der Waals surface area contributed by atoms with Gasteiger partial charge in [-0.1, -0.05) is 18.3 Å². The van der Waals surface area contributed by atoms with Gasteiger partial charge in [-0.05, 0) is 24.4 Å². The first-order valence-electron chi connectivity index (χ1n) is 5.34. The summed E-state index contributed by atoms with van der Waals surface area (Å²) in [7, 11) is 1.49. The van der Waals surface area contributed by atoms with Crippen LogP contribution in [0.3, 0.4) is 0 Å². The molecule has 7 heteroatoms. The average molecular weight is 257 g/mol. The predicted octanol–water partition coefficient (Wildman–Crippen LogP) is 1.04. The lowest BCUT2D eigenvalue weighted by atomic mass is 10.2. The molecule has 1 N–H and O–H groups in total. The Balaban J connectivity index is 2.93. The van der Waals surface area contributed by atoms with Crippen molar-refractivity contribution < 1.29 is 14.7 Å². The molecule has 1 amide bonds. The Morgan fingerprint density at radius 2 is 2.12 bits per heavy atom. The maximum Gasteiger partial charge on any atom is 0.326 e. The van der Waals surface area contributed by atoms with Gasteiger partial charge in [-0.25, -0.2) is 4.79 Å². The number of amides is 1. The fourth-order valence-electron chi connectivity index (χ4n) is 1.52. The van der Waals surface area contributed by atoms with Crippen LogP contribution < -0.4 is 0 Å². The summed E-state index contributed by atoms with van der Waals surface area (Å²) < 4.78 is 3.72. The molecule has 0 aromatic carbocycles. The first kappa shape index (κ1) is 13.6. The van der Waals surface area contributed by atoms with Gasteiger partial charge in [-0.3, -0.25) is 4.79 Å².